The first kappa shape index (κ1) is 20.1. The van der Waals surface area contributed by atoms with Crippen molar-refractivity contribution < 1.29 is 17.9 Å². The summed E-state index contributed by atoms with van der Waals surface area (Å²) in [5, 5.41) is 9.41. The van der Waals surface area contributed by atoms with Crippen molar-refractivity contribution in [1.82, 2.24) is 0 Å². The van der Waals surface area contributed by atoms with Crippen molar-refractivity contribution in [1.29, 1.82) is 5.26 Å². The number of hydrogen-bond donors (Lipinski definition) is 0. The first-order chi connectivity index (χ1) is 12.9. The zero-order chi connectivity index (χ0) is 19.9. The van der Waals surface area contributed by atoms with Gasteiger partial charge in [0, 0.05) is 0 Å². The van der Waals surface area contributed by atoms with E-state index >= 15 is 0 Å². The maximum absolute atomic E-state index is 12.7. The van der Waals surface area contributed by atoms with Gasteiger partial charge in [-0.1, -0.05) is 29.7 Å². The predicted molar refractivity (Wildman–Crippen MR) is 104 cm³/mol. The zero-order valence-corrected chi connectivity index (χ0v) is 15.9. The van der Waals surface area contributed by atoms with Crippen molar-refractivity contribution in [3.05, 3.63) is 58.5 Å². The molecule has 0 saturated carbocycles. The van der Waals surface area contributed by atoms with E-state index in [0.29, 0.717) is 23.7 Å². The molecule has 0 radical (unpaired) electrons. The van der Waals surface area contributed by atoms with E-state index < -0.39 is 9.84 Å². The summed E-state index contributed by atoms with van der Waals surface area (Å²) in [4.78, 5) is -0.286. The monoisotopic (exact) mass is 381 g/mol. The number of benzene rings is 2. The van der Waals surface area contributed by atoms with Crippen LogP contribution in [0, 0.1) is 30.6 Å². The standard InChI is InChI=1S/C21H19NO4S/c1-4-12-26-20-11-8-17(14-21(20)25-5-2)13-19(15-22)27(23,24)18-9-6-16(3)7-10-18/h1,6-11,13-14H,5,12H2,2-3H3/b19-13+. The Labute approximate surface area is 159 Å². The second-order valence-corrected chi connectivity index (χ2v) is 7.49. The van der Waals surface area contributed by atoms with Crippen LogP contribution in [0.25, 0.3) is 6.08 Å². The Hall–Kier alpha value is -3.22. The fourth-order valence-corrected chi connectivity index (χ4v) is 3.45. The van der Waals surface area contributed by atoms with Gasteiger partial charge >= 0.3 is 0 Å². The lowest BCUT2D eigenvalue weighted by Crippen LogP contribution is -2.04. The molecule has 2 aromatic rings. The number of rotatable bonds is 7. The van der Waals surface area contributed by atoms with Gasteiger partial charge in [-0.15, -0.1) is 6.42 Å². The molecule has 0 amide bonds. The molecule has 0 aliphatic heterocycles. The number of nitriles is 1. The molecule has 5 nitrogen and oxygen atoms in total. The molecule has 6 heteroatoms. The second kappa shape index (κ2) is 8.93. The van der Waals surface area contributed by atoms with Gasteiger partial charge in [0.25, 0.3) is 0 Å². The molecule has 0 atom stereocenters. The SMILES string of the molecule is C#CCOc1ccc(/C=C(\C#N)S(=O)(=O)c2ccc(C)cc2)cc1OCC. The van der Waals surface area contributed by atoms with Crippen LogP contribution in [-0.4, -0.2) is 21.6 Å². The van der Waals surface area contributed by atoms with Crippen molar-refractivity contribution in [2.75, 3.05) is 13.2 Å². The molecule has 0 aliphatic rings. The molecule has 2 rings (SSSR count). The Kier molecular flexibility index (Phi) is 6.65. The van der Waals surface area contributed by atoms with Crippen molar-refractivity contribution >= 4 is 15.9 Å². The minimum Gasteiger partial charge on any atom is -0.490 e. The highest BCUT2D eigenvalue weighted by Crippen LogP contribution is 2.30. The second-order valence-electron chi connectivity index (χ2n) is 5.57. The summed E-state index contributed by atoms with van der Waals surface area (Å²) in [5.74, 6) is 3.24. The minimum absolute atomic E-state index is 0.0694. The number of sulfone groups is 1. The van der Waals surface area contributed by atoms with E-state index in [2.05, 4.69) is 5.92 Å². The van der Waals surface area contributed by atoms with Crippen molar-refractivity contribution in [3.8, 4) is 29.9 Å². The van der Waals surface area contributed by atoms with E-state index in [1.807, 2.05) is 13.8 Å². The number of aryl methyl sites for hydroxylation is 1. The lowest BCUT2D eigenvalue weighted by Gasteiger charge is -2.11. The van der Waals surface area contributed by atoms with Gasteiger partial charge in [0.2, 0.25) is 9.84 Å². The van der Waals surface area contributed by atoms with Gasteiger partial charge in [0.05, 0.1) is 11.5 Å². The van der Waals surface area contributed by atoms with E-state index in [1.165, 1.54) is 18.2 Å². The Morgan fingerprint density at radius 1 is 1.15 bits per heavy atom. The smallest absolute Gasteiger partial charge is 0.216 e. The van der Waals surface area contributed by atoms with Gasteiger partial charge in [0.15, 0.2) is 11.5 Å². The topological polar surface area (TPSA) is 76.4 Å². The number of terminal acetylenes is 1. The number of nitrogens with zero attached hydrogens (tertiary/aromatic N) is 1. The maximum Gasteiger partial charge on any atom is 0.216 e. The number of allylic oxidation sites excluding steroid dienone is 1. The van der Waals surface area contributed by atoms with Crippen LogP contribution >= 0.6 is 0 Å². The Morgan fingerprint density at radius 2 is 1.85 bits per heavy atom. The van der Waals surface area contributed by atoms with Gasteiger partial charge in [-0.25, -0.2) is 8.42 Å². The normalized spacial score (nSPS) is 11.3. The molecule has 2 aromatic carbocycles. The molecular formula is C21H19NO4S. The van der Waals surface area contributed by atoms with Crippen LogP contribution in [0.5, 0.6) is 11.5 Å². The van der Waals surface area contributed by atoms with E-state index in [4.69, 9.17) is 15.9 Å². The van der Waals surface area contributed by atoms with E-state index in [1.54, 1.807) is 36.4 Å². The Bertz CT molecular complexity index is 1020. The molecular weight excluding hydrogens is 362 g/mol. The average Bonchev–Trinajstić information content (AvgIpc) is 2.66. The molecule has 0 aliphatic carbocycles. The summed E-state index contributed by atoms with van der Waals surface area (Å²) in [5.41, 5.74) is 1.43. The van der Waals surface area contributed by atoms with E-state index in [0.717, 1.165) is 5.56 Å². The summed E-state index contributed by atoms with van der Waals surface area (Å²) in [7, 11) is -3.91. The molecule has 0 unspecified atom stereocenters. The van der Waals surface area contributed by atoms with Crippen LogP contribution in [0.4, 0.5) is 0 Å². The van der Waals surface area contributed by atoms with Gasteiger partial charge in [-0.2, -0.15) is 5.26 Å². The van der Waals surface area contributed by atoms with E-state index in [-0.39, 0.29) is 16.4 Å². The zero-order valence-electron chi connectivity index (χ0n) is 15.1. The summed E-state index contributed by atoms with van der Waals surface area (Å²) >= 11 is 0. The first-order valence-corrected chi connectivity index (χ1v) is 9.67. The summed E-state index contributed by atoms with van der Waals surface area (Å²) in [6, 6.07) is 13.0. The molecule has 0 heterocycles. The highest BCUT2D eigenvalue weighted by atomic mass is 32.2. The Balaban J connectivity index is 2.45. The molecule has 0 aromatic heterocycles. The summed E-state index contributed by atoms with van der Waals surface area (Å²) < 4.78 is 36.4. The predicted octanol–water partition coefficient (Wildman–Crippen LogP) is 3.74. The van der Waals surface area contributed by atoms with Crippen LogP contribution < -0.4 is 9.47 Å². The largest absolute Gasteiger partial charge is 0.490 e. The van der Waals surface area contributed by atoms with Crippen LogP contribution in [0.15, 0.2) is 52.3 Å². The molecule has 27 heavy (non-hydrogen) atoms. The van der Waals surface area contributed by atoms with Crippen molar-refractivity contribution in [2.24, 2.45) is 0 Å². The third-order valence-electron chi connectivity index (χ3n) is 3.61. The molecule has 0 saturated heterocycles. The van der Waals surface area contributed by atoms with Crippen LogP contribution in [-0.2, 0) is 9.84 Å². The summed E-state index contributed by atoms with van der Waals surface area (Å²) in [6.07, 6.45) is 6.51. The van der Waals surface area contributed by atoms with Crippen molar-refractivity contribution in [3.63, 3.8) is 0 Å². The van der Waals surface area contributed by atoms with Crippen LogP contribution in [0.2, 0.25) is 0 Å². The highest BCUT2D eigenvalue weighted by molar-refractivity contribution is 7.95. The average molecular weight is 381 g/mol. The van der Waals surface area contributed by atoms with Gasteiger partial charge < -0.3 is 9.47 Å². The quantitative estimate of drug-likeness (QED) is 0.539. The molecule has 0 N–H and O–H groups in total. The summed E-state index contributed by atoms with van der Waals surface area (Å²) in [6.45, 7) is 4.15. The van der Waals surface area contributed by atoms with Crippen molar-refractivity contribution in [2.45, 2.75) is 18.7 Å². The van der Waals surface area contributed by atoms with Gasteiger partial charge in [-0.05, 0) is 49.8 Å². The molecule has 138 valence electrons. The molecule has 0 bridgehead atoms. The van der Waals surface area contributed by atoms with Crippen LogP contribution in [0.1, 0.15) is 18.1 Å². The van der Waals surface area contributed by atoms with Gasteiger partial charge in [0.1, 0.15) is 17.6 Å². The van der Waals surface area contributed by atoms with E-state index in [9.17, 15) is 13.7 Å². The first-order valence-electron chi connectivity index (χ1n) is 8.19. The number of ether oxygens (including phenoxy) is 2. The number of hydrogen-bond acceptors (Lipinski definition) is 5. The third-order valence-corrected chi connectivity index (χ3v) is 5.29. The van der Waals surface area contributed by atoms with Gasteiger partial charge in [-0.3, -0.25) is 0 Å². The molecule has 0 fully saturated rings. The fraction of sp³-hybridized carbons (Fsp3) is 0.190. The maximum atomic E-state index is 12.7. The highest BCUT2D eigenvalue weighted by Gasteiger charge is 2.21. The Morgan fingerprint density at radius 3 is 2.44 bits per heavy atom. The fourth-order valence-electron chi connectivity index (χ4n) is 2.29. The minimum atomic E-state index is -3.91. The third kappa shape index (κ3) is 4.91. The lowest BCUT2D eigenvalue weighted by molar-refractivity contribution is 0.299. The van der Waals surface area contributed by atoms with Crippen LogP contribution in [0.3, 0.4) is 0 Å². The molecule has 0 spiro atoms. The lowest BCUT2D eigenvalue weighted by atomic mass is 10.2.